The molecule has 1 fully saturated rings. The molecule has 0 saturated carbocycles. The summed E-state index contributed by atoms with van der Waals surface area (Å²) >= 11 is 0. The first-order valence-electron chi connectivity index (χ1n) is 9.69. The van der Waals surface area contributed by atoms with Crippen molar-refractivity contribution < 1.29 is 22.7 Å². The van der Waals surface area contributed by atoms with Crippen molar-refractivity contribution in [3.8, 4) is 5.75 Å². The summed E-state index contributed by atoms with van der Waals surface area (Å²) in [5.41, 5.74) is 4.26. The maximum Gasteiger partial charge on any atom is 0.241 e. The number of benzene rings is 2. The van der Waals surface area contributed by atoms with Gasteiger partial charge in [-0.3, -0.25) is 9.59 Å². The number of anilines is 1. The second-order valence-corrected chi connectivity index (χ2v) is 9.31. The lowest BCUT2D eigenvalue weighted by Crippen LogP contribution is -2.30. The molecule has 0 unspecified atom stereocenters. The Kier molecular flexibility index (Phi) is 6.01. The van der Waals surface area contributed by atoms with Crippen molar-refractivity contribution in [3.05, 3.63) is 52.6 Å². The number of imide groups is 1. The van der Waals surface area contributed by atoms with Gasteiger partial charge in [-0.1, -0.05) is 12.1 Å². The Balaban J connectivity index is 1.97. The van der Waals surface area contributed by atoms with E-state index in [0.717, 1.165) is 27.2 Å². The summed E-state index contributed by atoms with van der Waals surface area (Å²) in [6.45, 7) is 7.73. The fraction of sp³-hybridized carbons (Fsp3) is 0.364. The summed E-state index contributed by atoms with van der Waals surface area (Å²) in [5, 5.41) is 0. The normalized spacial score (nSPS) is 15.6. The zero-order valence-electron chi connectivity index (χ0n) is 17.8. The highest BCUT2D eigenvalue weighted by Gasteiger charge is 2.33. The van der Waals surface area contributed by atoms with Gasteiger partial charge in [-0.15, -0.1) is 0 Å². The quantitative estimate of drug-likeness (QED) is 0.710. The van der Waals surface area contributed by atoms with Gasteiger partial charge in [0, 0.05) is 18.9 Å². The molecule has 0 bridgehead atoms. The lowest BCUT2D eigenvalue weighted by atomic mass is 9.97. The third kappa shape index (κ3) is 4.11. The molecule has 2 aromatic rings. The standard InChI is InChI=1S/C22H26N2O5S/c1-13-10-15(3)18(11-14(13)2)16(4)23-30(27,28)17-6-7-20(29-5)19(12-17)24-21(25)8-9-22(24)26/h6-7,10-12,16,23H,8-9H2,1-5H3/t16-/m1/s1. The molecule has 8 heteroatoms. The van der Waals surface area contributed by atoms with Crippen LogP contribution in [0.2, 0.25) is 0 Å². The molecule has 2 amide bonds. The molecule has 0 radical (unpaired) electrons. The lowest BCUT2D eigenvalue weighted by Gasteiger charge is -2.21. The summed E-state index contributed by atoms with van der Waals surface area (Å²) < 4.78 is 34.1. The van der Waals surface area contributed by atoms with E-state index in [-0.39, 0.29) is 41.0 Å². The average molecular weight is 431 g/mol. The topological polar surface area (TPSA) is 92.8 Å². The lowest BCUT2D eigenvalue weighted by molar-refractivity contribution is -0.121. The van der Waals surface area contributed by atoms with E-state index < -0.39 is 16.1 Å². The fourth-order valence-electron chi connectivity index (χ4n) is 3.67. The van der Waals surface area contributed by atoms with Crippen molar-refractivity contribution in [2.75, 3.05) is 12.0 Å². The van der Waals surface area contributed by atoms with Crippen molar-refractivity contribution >= 4 is 27.5 Å². The number of carbonyl (C=O) groups is 2. The number of hydrogen-bond acceptors (Lipinski definition) is 5. The molecule has 160 valence electrons. The largest absolute Gasteiger partial charge is 0.495 e. The maximum absolute atomic E-state index is 13.1. The van der Waals surface area contributed by atoms with E-state index in [1.807, 2.05) is 32.9 Å². The first kappa shape index (κ1) is 22.0. The first-order valence-corrected chi connectivity index (χ1v) is 11.2. The molecule has 2 aromatic carbocycles. The Bertz CT molecular complexity index is 1110. The van der Waals surface area contributed by atoms with Gasteiger partial charge in [0.2, 0.25) is 21.8 Å². The van der Waals surface area contributed by atoms with Gasteiger partial charge in [0.25, 0.3) is 0 Å². The van der Waals surface area contributed by atoms with Crippen molar-refractivity contribution in [3.63, 3.8) is 0 Å². The van der Waals surface area contributed by atoms with Gasteiger partial charge < -0.3 is 4.74 Å². The van der Waals surface area contributed by atoms with Gasteiger partial charge in [-0.25, -0.2) is 18.0 Å². The van der Waals surface area contributed by atoms with Crippen LogP contribution in [0.4, 0.5) is 5.69 Å². The van der Waals surface area contributed by atoms with Crippen LogP contribution in [0.15, 0.2) is 35.2 Å². The predicted octanol–water partition coefficient (Wildman–Crippen LogP) is 3.31. The fourth-order valence-corrected chi connectivity index (χ4v) is 4.91. The number of hydrogen-bond donors (Lipinski definition) is 1. The number of amides is 2. The minimum Gasteiger partial charge on any atom is -0.495 e. The second-order valence-electron chi connectivity index (χ2n) is 7.59. The minimum absolute atomic E-state index is 0.0425. The number of ether oxygens (including phenoxy) is 1. The molecule has 1 N–H and O–H groups in total. The monoisotopic (exact) mass is 430 g/mol. The smallest absolute Gasteiger partial charge is 0.241 e. The van der Waals surface area contributed by atoms with E-state index in [4.69, 9.17) is 4.74 Å². The van der Waals surface area contributed by atoms with Gasteiger partial charge in [-0.2, -0.15) is 0 Å². The Morgan fingerprint density at radius 2 is 1.57 bits per heavy atom. The molecular weight excluding hydrogens is 404 g/mol. The number of methoxy groups -OCH3 is 1. The van der Waals surface area contributed by atoms with Crippen LogP contribution in [-0.2, 0) is 19.6 Å². The van der Waals surface area contributed by atoms with Crippen LogP contribution in [0, 0.1) is 20.8 Å². The maximum atomic E-state index is 13.1. The highest BCUT2D eigenvalue weighted by Crippen LogP contribution is 2.34. The molecule has 0 aliphatic carbocycles. The molecule has 0 spiro atoms. The van der Waals surface area contributed by atoms with Crippen molar-refractivity contribution in [1.29, 1.82) is 0 Å². The predicted molar refractivity (Wildman–Crippen MR) is 114 cm³/mol. The zero-order valence-corrected chi connectivity index (χ0v) is 18.6. The third-order valence-corrected chi connectivity index (χ3v) is 6.97. The van der Waals surface area contributed by atoms with Crippen LogP contribution in [0.3, 0.4) is 0 Å². The van der Waals surface area contributed by atoms with Crippen LogP contribution >= 0.6 is 0 Å². The zero-order chi connectivity index (χ0) is 22.2. The average Bonchev–Trinajstić information content (AvgIpc) is 3.01. The van der Waals surface area contributed by atoms with E-state index in [9.17, 15) is 18.0 Å². The number of rotatable bonds is 6. The number of sulfonamides is 1. The molecule has 1 saturated heterocycles. The van der Waals surface area contributed by atoms with Gasteiger partial charge in [0.1, 0.15) is 5.75 Å². The van der Waals surface area contributed by atoms with Gasteiger partial charge in [0.05, 0.1) is 17.7 Å². The molecule has 0 aromatic heterocycles. The summed E-state index contributed by atoms with van der Waals surface area (Å²) in [6, 6.07) is 7.71. The van der Waals surface area contributed by atoms with E-state index >= 15 is 0 Å². The number of nitrogens with zero attached hydrogens (tertiary/aromatic N) is 1. The van der Waals surface area contributed by atoms with E-state index in [0.29, 0.717) is 0 Å². The number of aryl methyl sites for hydroxylation is 3. The highest BCUT2D eigenvalue weighted by atomic mass is 32.2. The van der Waals surface area contributed by atoms with Crippen LogP contribution in [0.1, 0.15) is 48.1 Å². The van der Waals surface area contributed by atoms with Gasteiger partial charge in [0.15, 0.2) is 0 Å². The minimum atomic E-state index is -3.91. The van der Waals surface area contributed by atoms with Crippen molar-refractivity contribution in [2.45, 2.75) is 51.5 Å². The second kappa shape index (κ2) is 8.20. The van der Waals surface area contributed by atoms with Crippen molar-refractivity contribution in [2.24, 2.45) is 0 Å². The Morgan fingerprint density at radius 1 is 0.967 bits per heavy atom. The summed E-state index contributed by atoms with van der Waals surface area (Å²) in [5.74, 6) is -0.490. The van der Waals surface area contributed by atoms with Crippen molar-refractivity contribution in [1.82, 2.24) is 4.72 Å². The molecule has 7 nitrogen and oxygen atoms in total. The van der Waals surface area contributed by atoms with Crippen LogP contribution in [0.25, 0.3) is 0 Å². The van der Waals surface area contributed by atoms with Crippen LogP contribution in [0.5, 0.6) is 5.75 Å². The van der Waals surface area contributed by atoms with E-state index in [1.165, 1.54) is 25.3 Å². The Hall–Kier alpha value is -2.71. The van der Waals surface area contributed by atoms with Crippen LogP contribution in [-0.4, -0.2) is 27.3 Å². The Labute approximate surface area is 177 Å². The van der Waals surface area contributed by atoms with E-state index in [1.54, 1.807) is 6.92 Å². The molecule has 1 heterocycles. The van der Waals surface area contributed by atoms with Crippen LogP contribution < -0.4 is 14.4 Å². The SMILES string of the molecule is COc1ccc(S(=O)(=O)N[C@H](C)c2cc(C)c(C)cc2C)cc1N1C(=O)CCC1=O. The summed E-state index contributed by atoms with van der Waals surface area (Å²) in [6.07, 6.45) is 0.195. The third-order valence-electron chi connectivity index (χ3n) is 5.43. The molecular formula is C22H26N2O5S. The highest BCUT2D eigenvalue weighted by molar-refractivity contribution is 7.89. The summed E-state index contributed by atoms with van der Waals surface area (Å²) in [7, 11) is -2.51. The summed E-state index contributed by atoms with van der Waals surface area (Å²) in [4.78, 5) is 25.3. The molecule has 1 aliphatic rings. The first-order chi connectivity index (χ1) is 14.0. The van der Waals surface area contributed by atoms with Gasteiger partial charge in [-0.05, 0) is 68.1 Å². The molecule has 30 heavy (non-hydrogen) atoms. The van der Waals surface area contributed by atoms with E-state index in [2.05, 4.69) is 4.72 Å². The molecule has 1 aliphatic heterocycles. The number of nitrogens with one attached hydrogen (secondary N) is 1. The van der Waals surface area contributed by atoms with Gasteiger partial charge >= 0.3 is 0 Å². The molecule has 1 atom stereocenters. The number of carbonyl (C=O) groups excluding carboxylic acids is 2. The Morgan fingerprint density at radius 3 is 2.17 bits per heavy atom. The molecule has 3 rings (SSSR count).